The van der Waals surface area contributed by atoms with E-state index in [4.69, 9.17) is 4.52 Å². The Morgan fingerprint density at radius 2 is 1.14 bits per heavy atom. The van der Waals surface area contributed by atoms with Gasteiger partial charge in [0.25, 0.3) is 11.8 Å². The van der Waals surface area contributed by atoms with Crippen molar-refractivity contribution in [1.29, 1.82) is 0 Å². The smallest absolute Gasteiger partial charge is 0.327 e. The van der Waals surface area contributed by atoms with Crippen molar-refractivity contribution in [1.82, 2.24) is 9.80 Å². The Hall–Kier alpha value is -4.34. The number of aldehydes is 1. The van der Waals surface area contributed by atoms with Gasteiger partial charge >= 0.3 is 23.8 Å². The second-order valence-electron chi connectivity index (χ2n) is 15.8. The maximum Gasteiger partial charge on any atom is 0.327 e. The predicted molar refractivity (Wildman–Crippen MR) is 235 cm³/mol. The van der Waals surface area contributed by atoms with Crippen LogP contribution in [0.4, 0.5) is 17.6 Å². The maximum atomic E-state index is 13.9. The topological polar surface area (TPSA) is 171 Å². The highest BCUT2D eigenvalue weighted by atomic mass is 31.2. The van der Waals surface area contributed by atoms with Gasteiger partial charge in [0.2, 0.25) is 7.37 Å². The molecule has 0 spiro atoms. The van der Waals surface area contributed by atoms with Crippen LogP contribution in [0.25, 0.3) is 0 Å². The maximum absolute atomic E-state index is 13.9. The van der Waals surface area contributed by atoms with Crippen LogP contribution in [0.15, 0.2) is 12.2 Å². The summed E-state index contributed by atoms with van der Waals surface area (Å²) in [6, 6.07) is -1.81. The Bertz CT molecular complexity index is 1730. The lowest BCUT2D eigenvalue weighted by molar-refractivity contribution is -0.148. The predicted octanol–water partition coefficient (Wildman–Crippen LogP) is 8.01. The minimum atomic E-state index is -3.42. The molecule has 0 bridgehead atoms. The van der Waals surface area contributed by atoms with Crippen molar-refractivity contribution in [3.05, 3.63) is 12.2 Å². The third-order valence-electron chi connectivity index (χ3n) is 10.3. The van der Waals surface area contributed by atoms with Crippen molar-refractivity contribution in [2.75, 3.05) is 47.2 Å². The average Bonchev–Trinajstić information content (AvgIpc) is 3.62. The zero-order valence-corrected chi connectivity index (χ0v) is 39.7. The molecule has 0 radical (unpaired) electrons. The van der Waals surface area contributed by atoms with Crippen molar-refractivity contribution in [3.63, 3.8) is 0 Å². The molecule has 0 aromatic rings. The largest absolute Gasteiger partial charge is 0.469 e. The number of amides is 2. The summed E-state index contributed by atoms with van der Waals surface area (Å²) in [5.74, 6) is 1.13. The van der Waals surface area contributed by atoms with Crippen molar-refractivity contribution >= 4 is 49.0 Å². The zero-order valence-electron chi connectivity index (χ0n) is 38.8. The van der Waals surface area contributed by atoms with Crippen molar-refractivity contribution in [2.24, 2.45) is 11.8 Å². The van der Waals surface area contributed by atoms with Gasteiger partial charge in [-0.3, -0.25) is 33.3 Å². The van der Waals surface area contributed by atoms with Gasteiger partial charge in [-0.1, -0.05) is 59.5 Å². The average molecular weight is 933 g/mol. The molecule has 2 heterocycles. The molecule has 0 aliphatic carbocycles. The third kappa shape index (κ3) is 23.5. The molecular weight excluding hydrogens is 863 g/mol. The van der Waals surface area contributed by atoms with E-state index in [1.54, 1.807) is 6.92 Å². The molecule has 5 atom stereocenters. The van der Waals surface area contributed by atoms with E-state index >= 15 is 0 Å². The standard InChI is InChI=1S/C22H31F2NO4.C13H19F2NO4.C11H19O3P/c1-4-5-8-11-17(2)19(26)14-13-18-16-22(23,24)21(28)25(18)15-10-7-6-9-12-20(27)29-3;1-20-11(18)6-4-2-3-5-7-16-10(9-17)8-13(14,15)12(16)19;1-5-6-7-8-10(2)11(12)9-15(4,13)14-3/h13-14,17-18H,4,6-7,9-12,15-16H2,1-3H3;9-10H,2-8H2,1H3;10H,5,8-9H2,1-4H3/b14-13+;;/t17-,18-;10-;10-,15?/m010/s1. The number of esters is 2. The molecule has 2 amide bonds. The lowest BCUT2D eigenvalue weighted by Gasteiger charge is -2.21. The van der Waals surface area contributed by atoms with Crippen LogP contribution in [0.1, 0.15) is 130 Å². The van der Waals surface area contributed by atoms with Gasteiger partial charge in [-0.05, 0) is 31.8 Å². The first-order valence-electron chi connectivity index (χ1n) is 21.8. The molecule has 362 valence electrons. The van der Waals surface area contributed by atoms with E-state index < -0.39 is 56.0 Å². The molecule has 0 saturated carbocycles. The monoisotopic (exact) mass is 932 g/mol. The summed E-state index contributed by atoms with van der Waals surface area (Å²) in [6.45, 7) is 9.27. The number of allylic oxidation sites excluding steroid dienone is 1. The summed E-state index contributed by atoms with van der Waals surface area (Å²) in [5, 5.41) is 0. The Balaban J connectivity index is 0.000000988. The molecule has 1 unspecified atom stereocenters. The second-order valence-corrected chi connectivity index (χ2v) is 18.5. The fourth-order valence-corrected chi connectivity index (χ4v) is 7.28. The summed E-state index contributed by atoms with van der Waals surface area (Å²) in [5.41, 5.74) is 0. The highest BCUT2D eigenvalue weighted by Gasteiger charge is 2.53. The number of Topliss-reactive ketones (excluding diaryl/α,β-unsaturated/α-hetero) is 1. The molecular formula is C46H69F4N2O11P. The molecule has 0 aromatic carbocycles. The van der Waals surface area contributed by atoms with Gasteiger partial charge in [-0.25, -0.2) is 0 Å². The summed E-state index contributed by atoms with van der Waals surface area (Å²) in [4.78, 5) is 81.9. The number of ether oxygens (including phenoxy) is 2. The third-order valence-corrected chi connectivity index (χ3v) is 12.0. The number of hydrogen-bond acceptors (Lipinski definition) is 11. The van der Waals surface area contributed by atoms with Crippen LogP contribution in [-0.2, 0) is 52.1 Å². The Labute approximate surface area is 376 Å². The summed E-state index contributed by atoms with van der Waals surface area (Å²) < 4.78 is 79.6. The number of halogens is 4. The van der Waals surface area contributed by atoms with E-state index in [1.165, 1.54) is 40.1 Å². The molecule has 2 saturated heterocycles. The van der Waals surface area contributed by atoms with Crippen LogP contribution in [0.5, 0.6) is 0 Å². The van der Waals surface area contributed by atoms with Crippen LogP contribution in [0, 0.1) is 35.5 Å². The van der Waals surface area contributed by atoms with Gasteiger partial charge in [0, 0.05) is 90.1 Å². The molecule has 13 nitrogen and oxygen atoms in total. The van der Waals surface area contributed by atoms with Crippen LogP contribution in [-0.4, -0.2) is 123 Å². The van der Waals surface area contributed by atoms with E-state index in [-0.39, 0.29) is 54.6 Å². The number of rotatable bonds is 24. The Morgan fingerprint density at radius 1 is 0.719 bits per heavy atom. The van der Waals surface area contributed by atoms with Crippen LogP contribution < -0.4 is 0 Å². The number of carbonyl (C=O) groups excluding carboxylic acids is 7. The van der Waals surface area contributed by atoms with Gasteiger partial charge in [-0.15, -0.1) is 23.7 Å². The molecule has 0 aromatic heterocycles. The first-order chi connectivity index (χ1) is 30.1. The normalized spacial score (nSPS) is 19.0. The zero-order chi connectivity index (χ0) is 48.9. The van der Waals surface area contributed by atoms with Gasteiger partial charge < -0.3 is 28.6 Å². The number of likely N-dealkylation sites (tertiary alicyclic amines) is 2. The van der Waals surface area contributed by atoms with Gasteiger partial charge in [0.15, 0.2) is 5.78 Å². The Morgan fingerprint density at radius 3 is 1.56 bits per heavy atom. The van der Waals surface area contributed by atoms with Crippen LogP contribution >= 0.6 is 7.37 Å². The number of hydrogen-bond donors (Lipinski definition) is 0. The molecule has 2 rings (SSSR count). The fraction of sp³-hybridized carbons (Fsp3) is 0.717. The minimum Gasteiger partial charge on any atom is -0.469 e. The first kappa shape index (κ1) is 59.7. The van der Waals surface area contributed by atoms with Gasteiger partial charge in [0.05, 0.1) is 32.5 Å². The van der Waals surface area contributed by atoms with E-state index in [0.717, 1.165) is 35.5 Å². The Kier molecular flexibility index (Phi) is 29.4. The molecule has 0 N–H and O–H groups in total. The highest BCUT2D eigenvalue weighted by molar-refractivity contribution is 7.59. The fourth-order valence-electron chi connectivity index (χ4n) is 6.27. The molecule has 18 heteroatoms. The lowest BCUT2D eigenvalue weighted by atomic mass is 10.0. The lowest BCUT2D eigenvalue weighted by Crippen LogP contribution is -2.37. The van der Waals surface area contributed by atoms with Crippen molar-refractivity contribution in [3.8, 4) is 23.7 Å². The van der Waals surface area contributed by atoms with Crippen LogP contribution in [0.2, 0.25) is 0 Å². The van der Waals surface area contributed by atoms with Gasteiger partial charge in [-0.2, -0.15) is 17.6 Å². The number of ketones is 2. The summed E-state index contributed by atoms with van der Waals surface area (Å²) >= 11 is 0. The molecule has 2 fully saturated rings. The summed E-state index contributed by atoms with van der Waals surface area (Å²) in [6.07, 6.45) is 10.3. The number of unbranched alkanes of at least 4 members (excludes halogenated alkanes) is 6. The van der Waals surface area contributed by atoms with Crippen molar-refractivity contribution < 1.29 is 69.7 Å². The van der Waals surface area contributed by atoms with Crippen molar-refractivity contribution in [2.45, 2.75) is 154 Å². The van der Waals surface area contributed by atoms with E-state index in [0.29, 0.717) is 70.5 Å². The minimum absolute atomic E-state index is 0.0124. The SMILES string of the molecule is CCC#CC[C@H](C)C(=O)/C=C/[C@H]1CC(F)(F)C(=O)N1CCCCCCC(=O)OC.CCC#CC[C@H](C)C(=O)CP(C)(=O)OC.COC(=O)CCCCCCN1C(=O)C(F)(F)C[C@@H]1C=O. The quantitative estimate of drug-likeness (QED) is 0.0175. The number of nitrogens with zero attached hydrogens (tertiary/aromatic N) is 2. The number of methoxy groups -OCH3 is 2. The number of alkyl halides is 4. The first-order valence-corrected chi connectivity index (χ1v) is 24.1. The highest BCUT2D eigenvalue weighted by Crippen LogP contribution is 2.41. The van der Waals surface area contributed by atoms with Crippen LogP contribution in [0.3, 0.4) is 0 Å². The number of carbonyl (C=O) groups is 7. The van der Waals surface area contributed by atoms with E-state index in [9.17, 15) is 55.7 Å². The summed E-state index contributed by atoms with van der Waals surface area (Å²) in [7, 11) is 1.30. The molecule has 64 heavy (non-hydrogen) atoms. The van der Waals surface area contributed by atoms with E-state index in [1.807, 2.05) is 20.8 Å². The molecule has 2 aliphatic rings. The molecule has 2 aliphatic heterocycles. The van der Waals surface area contributed by atoms with Gasteiger partial charge in [0.1, 0.15) is 12.1 Å². The van der Waals surface area contributed by atoms with E-state index in [2.05, 4.69) is 33.2 Å². The second kappa shape index (κ2) is 31.5.